The van der Waals surface area contributed by atoms with Crippen molar-refractivity contribution in [3.05, 3.63) is 71.4 Å². The van der Waals surface area contributed by atoms with Crippen LogP contribution in [0.25, 0.3) is 22.6 Å². The number of aromatic nitrogens is 4. The number of carbonyl (C=O) groups is 1. The summed E-state index contributed by atoms with van der Waals surface area (Å²) < 4.78 is 0. The highest BCUT2D eigenvalue weighted by molar-refractivity contribution is 7.14. The van der Waals surface area contributed by atoms with Gasteiger partial charge in [0, 0.05) is 17.1 Å². The largest absolute Gasteiger partial charge is 0.296 e. The number of anilines is 1. The molecule has 0 radical (unpaired) electrons. The van der Waals surface area contributed by atoms with Gasteiger partial charge in [-0.15, -0.1) is 11.3 Å². The minimum atomic E-state index is -0.280. The highest BCUT2D eigenvalue weighted by Crippen LogP contribution is 2.24. The second-order valence-electron chi connectivity index (χ2n) is 5.74. The SMILES string of the molecule is Cc1ccc(-c2cc(C(=O)Nc3nc(-c4ccccn4)cs3)[nH]n2)cc1. The smallest absolute Gasteiger partial charge is 0.275 e. The Hall–Kier alpha value is -3.32. The molecule has 4 aromatic rings. The zero-order chi connectivity index (χ0) is 17.9. The van der Waals surface area contributed by atoms with E-state index in [1.807, 2.05) is 54.8 Å². The van der Waals surface area contributed by atoms with E-state index in [2.05, 4.69) is 25.5 Å². The molecule has 1 aromatic carbocycles. The second-order valence-corrected chi connectivity index (χ2v) is 6.60. The number of aromatic amines is 1. The number of rotatable bonds is 4. The zero-order valence-corrected chi connectivity index (χ0v) is 14.7. The minimum Gasteiger partial charge on any atom is -0.296 e. The van der Waals surface area contributed by atoms with Crippen molar-refractivity contribution in [1.82, 2.24) is 20.2 Å². The van der Waals surface area contributed by atoms with E-state index in [1.165, 1.54) is 16.9 Å². The Kier molecular flexibility index (Phi) is 4.28. The van der Waals surface area contributed by atoms with Gasteiger partial charge < -0.3 is 0 Å². The summed E-state index contributed by atoms with van der Waals surface area (Å²) in [5.41, 5.74) is 4.74. The molecule has 0 bridgehead atoms. The third-order valence-corrected chi connectivity index (χ3v) is 4.58. The van der Waals surface area contributed by atoms with E-state index in [4.69, 9.17) is 0 Å². The average Bonchev–Trinajstić information content (AvgIpc) is 3.33. The molecule has 0 fully saturated rings. The molecule has 0 aliphatic rings. The first-order valence-electron chi connectivity index (χ1n) is 8.00. The summed E-state index contributed by atoms with van der Waals surface area (Å²) in [7, 11) is 0. The number of hydrogen-bond donors (Lipinski definition) is 2. The molecule has 4 rings (SSSR count). The molecule has 0 aliphatic heterocycles. The van der Waals surface area contributed by atoms with Gasteiger partial charge in [0.25, 0.3) is 5.91 Å². The third-order valence-electron chi connectivity index (χ3n) is 3.82. The van der Waals surface area contributed by atoms with Crippen LogP contribution in [0.15, 0.2) is 60.1 Å². The van der Waals surface area contributed by atoms with Gasteiger partial charge in [0.1, 0.15) is 11.4 Å². The van der Waals surface area contributed by atoms with Crippen LogP contribution < -0.4 is 5.32 Å². The van der Waals surface area contributed by atoms with Crippen molar-refractivity contribution in [2.24, 2.45) is 0 Å². The number of pyridine rings is 1. The van der Waals surface area contributed by atoms with E-state index in [0.29, 0.717) is 10.8 Å². The number of amides is 1. The Balaban J connectivity index is 1.49. The summed E-state index contributed by atoms with van der Waals surface area (Å²) in [5.74, 6) is -0.280. The van der Waals surface area contributed by atoms with E-state index in [9.17, 15) is 4.79 Å². The Morgan fingerprint density at radius 1 is 1.08 bits per heavy atom. The summed E-state index contributed by atoms with van der Waals surface area (Å²) in [6.45, 7) is 2.03. The van der Waals surface area contributed by atoms with Crippen molar-refractivity contribution < 1.29 is 4.79 Å². The molecule has 0 saturated heterocycles. The number of thiazole rings is 1. The fourth-order valence-electron chi connectivity index (χ4n) is 2.44. The molecule has 1 amide bonds. The van der Waals surface area contributed by atoms with Crippen LogP contribution in [0.2, 0.25) is 0 Å². The molecular weight excluding hydrogens is 346 g/mol. The van der Waals surface area contributed by atoms with E-state index in [-0.39, 0.29) is 5.91 Å². The minimum absolute atomic E-state index is 0.280. The zero-order valence-electron chi connectivity index (χ0n) is 13.9. The summed E-state index contributed by atoms with van der Waals surface area (Å²) in [5, 5.41) is 12.2. The molecule has 7 heteroatoms. The quantitative estimate of drug-likeness (QED) is 0.572. The Labute approximate surface area is 154 Å². The van der Waals surface area contributed by atoms with Gasteiger partial charge in [-0.25, -0.2) is 4.98 Å². The fraction of sp³-hybridized carbons (Fsp3) is 0.0526. The van der Waals surface area contributed by atoms with Crippen LogP contribution >= 0.6 is 11.3 Å². The second kappa shape index (κ2) is 6.89. The molecular formula is C19H15N5OS. The summed E-state index contributed by atoms with van der Waals surface area (Å²) >= 11 is 1.35. The number of H-pyrrole nitrogens is 1. The molecule has 0 unspecified atom stereocenters. The molecule has 3 aromatic heterocycles. The van der Waals surface area contributed by atoms with Crippen molar-refractivity contribution in [2.75, 3.05) is 5.32 Å². The van der Waals surface area contributed by atoms with Crippen molar-refractivity contribution >= 4 is 22.4 Å². The van der Waals surface area contributed by atoms with Gasteiger partial charge in [-0.2, -0.15) is 5.10 Å². The van der Waals surface area contributed by atoms with Gasteiger partial charge in [-0.3, -0.25) is 20.2 Å². The predicted octanol–water partition coefficient (Wildman–Crippen LogP) is 4.16. The normalized spacial score (nSPS) is 10.7. The first-order chi connectivity index (χ1) is 12.7. The summed E-state index contributed by atoms with van der Waals surface area (Å²) in [6.07, 6.45) is 1.71. The fourth-order valence-corrected chi connectivity index (χ4v) is 3.14. The number of benzene rings is 1. The molecule has 6 nitrogen and oxygen atoms in total. The summed E-state index contributed by atoms with van der Waals surface area (Å²) in [6, 6.07) is 15.3. The van der Waals surface area contributed by atoms with Crippen LogP contribution in [0.1, 0.15) is 16.1 Å². The maximum absolute atomic E-state index is 12.4. The van der Waals surface area contributed by atoms with Crippen LogP contribution in [-0.2, 0) is 0 Å². The van der Waals surface area contributed by atoms with Gasteiger partial charge in [0.05, 0.1) is 11.4 Å². The van der Waals surface area contributed by atoms with Crippen LogP contribution in [-0.4, -0.2) is 26.1 Å². The van der Waals surface area contributed by atoms with Gasteiger partial charge >= 0.3 is 0 Å². The molecule has 0 spiro atoms. The molecule has 3 heterocycles. The number of hydrogen-bond acceptors (Lipinski definition) is 5. The molecule has 0 aliphatic carbocycles. The van der Waals surface area contributed by atoms with Crippen LogP contribution in [0.3, 0.4) is 0 Å². The molecule has 26 heavy (non-hydrogen) atoms. The third kappa shape index (κ3) is 3.38. The van der Waals surface area contributed by atoms with E-state index >= 15 is 0 Å². The van der Waals surface area contributed by atoms with Crippen molar-refractivity contribution in [3.8, 4) is 22.6 Å². The topological polar surface area (TPSA) is 83.6 Å². The van der Waals surface area contributed by atoms with Gasteiger partial charge in [0.2, 0.25) is 0 Å². The predicted molar refractivity (Wildman–Crippen MR) is 102 cm³/mol. The monoisotopic (exact) mass is 361 g/mol. The lowest BCUT2D eigenvalue weighted by molar-refractivity contribution is 0.102. The highest BCUT2D eigenvalue weighted by atomic mass is 32.1. The Bertz CT molecular complexity index is 1040. The Morgan fingerprint density at radius 3 is 2.69 bits per heavy atom. The number of nitrogens with zero attached hydrogens (tertiary/aromatic N) is 3. The maximum atomic E-state index is 12.4. The van der Waals surface area contributed by atoms with E-state index in [0.717, 1.165) is 22.6 Å². The lowest BCUT2D eigenvalue weighted by atomic mass is 10.1. The van der Waals surface area contributed by atoms with Gasteiger partial charge in [0.15, 0.2) is 5.13 Å². The number of carbonyl (C=O) groups excluding carboxylic acids is 1. The first-order valence-corrected chi connectivity index (χ1v) is 8.88. The van der Waals surface area contributed by atoms with E-state index in [1.54, 1.807) is 12.3 Å². The van der Waals surface area contributed by atoms with Crippen LogP contribution in [0.5, 0.6) is 0 Å². The molecule has 128 valence electrons. The number of nitrogens with one attached hydrogen (secondary N) is 2. The summed E-state index contributed by atoms with van der Waals surface area (Å²) in [4.78, 5) is 21.1. The first kappa shape index (κ1) is 16.2. The molecule has 2 N–H and O–H groups in total. The number of aryl methyl sites for hydroxylation is 1. The van der Waals surface area contributed by atoms with E-state index < -0.39 is 0 Å². The van der Waals surface area contributed by atoms with Crippen LogP contribution in [0.4, 0.5) is 5.13 Å². The highest BCUT2D eigenvalue weighted by Gasteiger charge is 2.13. The van der Waals surface area contributed by atoms with Gasteiger partial charge in [-0.1, -0.05) is 35.9 Å². The maximum Gasteiger partial charge on any atom is 0.275 e. The Morgan fingerprint density at radius 2 is 1.92 bits per heavy atom. The lowest BCUT2D eigenvalue weighted by Gasteiger charge is -1.98. The van der Waals surface area contributed by atoms with Crippen molar-refractivity contribution in [1.29, 1.82) is 0 Å². The van der Waals surface area contributed by atoms with Crippen LogP contribution in [0, 0.1) is 6.92 Å². The standard InChI is InChI=1S/C19H15N5OS/c1-12-5-7-13(8-6-12)15-10-16(24-23-15)18(25)22-19-21-17(11-26-19)14-4-2-3-9-20-14/h2-11H,1H3,(H,23,24)(H,21,22,25). The van der Waals surface area contributed by atoms with Crippen molar-refractivity contribution in [2.45, 2.75) is 6.92 Å². The lowest BCUT2D eigenvalue weighted by Crippen LogP contribution is -2.12. The average molecular weight is 361 g/mol. The van der Waals surface area contributed by atoms with Gasteiger partial charge in [-0.05, 0) is 25.1 Å². The molecule has 0 atom stereocenters. The van der Waals surface area contributed by atoms with Crippen molar-refractivity contribution in [3.63, 3.8) is 0 Å². The molecule has 0 saturated carbocycles.